The van der Waals surface area contributed by atoms with E-state index in [1.807, 2.05) is 41.5 Å². The van der Waals surface area contributed by atoms with Gasteiger partial charge in [0, 0.05) is 76.4 Å². The molecule has 0 aromatic heterocycles. The highest BCUT2D eigenvalue weighted by Gasteiger charge is 2.39. The summed E-state index contributed by atoms with van der Waals surface area (Å²) < 4.78 is 5.05. The molecule has 12 amide bonds. The molecule has 0 spiro atoms. The summed E-state index contributed by atoms with van der Waals surface area (Å²) in [6, 6.07) is -6.62. The normalized spacial score (nSPS) is 14.9. The highest BCUT2D eigenvalue weighted by atomic mass is 16.5. The van der Waals surface area contributed by atoms with Gasteiger partial charge in [-0.15, -0.1) is 0 Å². The molecule has 2 aliphatic heterocycles. The Morgan fingerprint density at radius 3 is 1.22 bits per heavy atom. The van der Waals surface area contributed by atoms with Crippen LogP contribution in [0.4, 0.5) is 0 Å². The van der Waals surface area contributed by atoms with Gasteiger partial charge in [-0.3, -0.25) is 67.3 Å². The van der Waals surface area contributed by atoms with Crippen molar-refractivity contribution >= 4 is 70.9 Å². The molecule has 0 radical (unpaired) electrons. The number of amides is 12. The molecule has 2 aliphatic rings. The van der Waals surface area contributed by atoms with Crippen molar-refractivity contribution in [2.24, 2.45) is 10.8 Å². The third kappa shape index (κ3) is 27.8. The zero-order chi connectivity index (χ0) is 57.6. The maximum absolute atomic E-state index is 14.9. The van der Waals surface area contributed by atoms with Crippen molar-refractivity contribution in [2.75, 3.05) is 65.7 Å². The van der Waals surface area contributed by atoms with Crippen LogP contribution >= 0.6 is 0 Å². The number of nitrogens with zero attached hydrogens (tertiary/aromatic N) is 2. The summed E-state index contributed by atoms with van der Waals surface area (Å²) in [5, 5.41) is 39.2. The Morgan fingerprint density at radius 1 is 0.481 bits per heavy atom. The molecule has 10 N–H and O–H groups in total. The number of aliphatic hydroxyl groups is 2. The molecular weight excluding hydrogens is 1000 g/mol. The Balaban J connectivity index is 2.61. The number of hydrogen-bond donors (Lipinski definition) is 10. The molecule has 0 bridgehead atoms. The van der Waals surface area contributed by atoms with Crippen molar-refractivity contribution in [3.05, 3.63) is 24.3 Å². The Hall–Kier alpha value is -6.60. The molecular formula is C52H84N10O15. The van der Waals surface area contributed by atoms with E-state index in [0.717, 1.165) is 46.9 Å². The first kappa shape index (κ1) is 66.5. The maximum Gasteiger partial charge on any atom is 0.253 e. The molecule has 77 heavy (non-hydrogen) atoms. The van der Waals surface area contributed by atoms with E-state index in [2.05, 4.69) is 42.5 Å². The van der Waals surface area contributed by atoms with Crippen LogP contribution in [0.25, 0.3) is 0 Å². The van der Waals surface area contributed by atoms with Crippen LogP contribution in [0.15, 0.2) is 24.3 Å². The van der Waals surface area contributed by atoms with Gasteiger partial charge in [0.25, 0.3) is 23.6 Å². The van der Waals surface area contributed by atoms with Crippen molar-refractivity contribution < 1.29 is 72.5 Å². The zero-order valence-corrected chi connectivity index (χ0v) is 45.7. The molecule has 0 aromatic carbocycles. The number of ether oxygens (including phenoxy) is 1. The van der Waals surface area contributed by atoms with E-state index in [1.54, 1.807) is 0 Å². The maximum atomic E-state index is 14.9. The lowest BCUT2D eigenvalue weighted by Gasteiger charge is -2.30. The number of aliphatic hydroxyl groups excluding tert-OH is 2. The minimum atomic E-state index is -2.01. The zero-order valence-electron chi connectivity index (χ0n) is 45.7. The molecule has 0 aromatic rings. The van der Waals surface area contributed by atoms with E-state index < -0.39 is 115 Å². The molecule has 432 valence electrons. The average Bonchev–Trinajstić information content (AvgIpc) is 3.86. The second-order valence-electron chi connectivity index (χ2n) is 21.3. The number of nitrogens with one attached hydrogen (secondary N) is 8. The summed E-state index contributed by atoms with van der Waals surface area (Å²) >= 11 is 0. The van der Waals surface area contributed by atoms with Gasteiger partial charge >= 0.3 is 0 Å². The average molecular weight is 1090 g/mol. The lowest BCUT2D eigenvalue weighted by atomic mass is 9.90. The standard InChI is InChI=1S/C52H84N10O15/c1-51(2,3)23-13-27-55-47(73)35(15-7-9-25-53-39(67)33-64)57-49(75)45(59-37(65)17-11-29-61-41(69)19-20-42(61)70)46(60-38(66)18-12-30-62-43(71)21-22-44(62)72)50(76)58-36(48(74)56-28-14-24-52(4,5)6)16-8-10-26-54-40(68)34-77-32-31-63/h19-22,35-36,45-46,63-64H,7-18,23-34H2,1-6H3,(H,53,67)(H,54,68)(H,55,73)(H,56,74)(H,57,75)(H,58,76)(H,59,65)(H,60,66)/t35-,36-,45?,46?/m0/s1. The Kier molecular flexibility index (Phi) is 30.2. The van der Waals surface area contributed by atoms with Crippen LogP contribution in [-0.2, 0) is 62.3 Å². The molecule has 4 atom stereocenters. The van der Waals surface area contributed by atoms with Crippen LogP contribution in [0.5, 0.6) is 0 Å². The van der Waals surface area contributed by atoms with Gasteiger partial charge in [-0.25, -0.2) is 0 Å². The van der Waals surface area contributed by atoms with Crippen molar-refractivity contribution in [2.45, 2.75) is 156 Å². The number of unbranched alkanes of at least 4 members (excludes halogenated alkanes) is 2. The molecule has 25 heteroatoms. The first-order valence-electron chi connectivity index (χ1n) is 26.5. The molecule has 0 aliphatic carbocycles. The predicted octanol–water partition coefficient (Wildman–Crippen LogP) is -1.20. The largest absolute Gasteiger partial charge is 0.394 e. The highest BCUT2D eigenvalue weighted by molar-refractivity contribution is 6.13. The number of rotatable bonds is 38. The van der Waals surface area contributed by atoms with E-state index in [1.165, 1.54) is 0 Å². The topological polar surface area (TPSA) is 357 Å². The quantitative estimate of drug-likeness (QED) is 0.0256. The minimum absolute atomic E-state index is 0.0114. The summed E-state index contributed by atoms with van der Waals surface area (Å²) in [5.41, 5.74) is -0.113. The fourth-order valence-electron chi connectivity index (χ4n) is 7.90. The predicted molar refractivity (Wildman–Crippen MR) is 280 cm³/mol. The summed E-state index contributed by atoms with van der Waals surface area (Å²) in [4.78, 5) is 160. The summed E-state index contributed by atoms with van der Waals surface area (Å²) in [6.45, 7) is 11.3. The van der Waals surface area contributed by atoms with Gasteiger partial charge in [-0.05, 0) is 87.9 Å². The first-order valence-corrected chi connectivity index (χ1v) is 26.5. The van der Waals surface area contributed by atoms with Gasteiger partial charge in [-0.1, -0.05) is 41.5 Å². The summed E-state index contributed by atoms with van der Waals surface area (Å²) in [6.07, 6.45) is 7.05. The Bertz CT molecular complexity index is 2070. The lowest BCUT2D eigenvalue weighted by Crippen LogP contribution is -2.66. The van der Waals surface area contributed by atoms with Crippen LogP contribution in [0, 0.1) is 10.8 Å². The number of hydrogen-bond acceptors (Lipinski definition) is 15. The molecule has 25 nitrogen and oxygen atoms in total. The Labute approximate surface area is 451 Å². The SMILES string of the molecule is CC(C)(C)CCCNC(=O)[C@H](CCCCNC(=O)CO)NC(=O)C(NC(=O)CCCN1C(=O)C=CC1=O)C(NC(=O)CCCN1C(=O)C=CC1=O)C(=O)N[C@@H](CCCCNC(=O)COCCO)C(=O)NCCCC(C)(C)C. The van der Waals surface area contributed by atoms with Crippen LogP contribution < -0.4 is 42.5 Å². The van der Waals surface area contributed by atoms with Crippen molar-refractivity contribution in [3.63, 3.8) is 0 Å². The summed E-state index contributed by atoms with van der Waals surface area (Å²) in [5.74, 6) is -8.65. The second kappa shape index (κ2) is 34.9. The minimum Gasteiger partial charge on any atom is -0.394 e. The number of carbonyl (C=O) groups excluding carboxylic acids is 12. The lowest BCUT2D eigenvalue weighted by molar-refractivity contribution is -0.139. The third-order valence-electron chi connectivity index (χ3n) is 12.1. The van der Waals surface area contributed by atoms with E-state index >= 15 is 0 Å². The van der Waals surface area contributed by atoms with E-state index in [4.69, 9.17) is 14.9 Å². The van der Waals surface area contributed by atoms with E-state index in [9.17, 15) is 57.5 Å². The number of carbonyl (C=O) groups is 12. The van der Waals surface area contributed by atoms with Gasteiger partial charge < -0.3 is 57.5 Å². The third-order valence-corrected chi connectivity index (χ3v) is 12.1. The fraction of sp³-hybridized carbons (Fsp3) is 0.692. The molecule has 0 saturated carbocycles. The van der Waals surface area contributed by atoms with Crippen molar-refractivity contribution in [1.82, 2.24) is 52.3 Å². The van der Waals surface area contributed by atoms with Gasteiger partial charge in [0.15, 0.2) is 0 Å². The second-order valence-corrected chi connectivity index (χ2v) is 21.3. The highest BCUT2D eigenvalue weighted by Crippen LogP contribution is 2.21. The van der Waals surface area contributed by atoms with Gasteiger partial charge in [0.1, 0.15) is 37.4 Å². The van der Waals surface area contributed by atoms with E-state index in [0.29, 0.717) is 25.7 Å². The van der Waals surface area contributed by atoms with E-state index in [-0.39, 0.29) is 108 Å². The number of imide groups is 2. The molecule has 0 fully saturated rings. The molecule has 2 heterocycles. The van der Waals surface area contributed by atoms with Crippen molar-refractivity contribution in [1.29, 1.82) is 0 Å². The monoisotopic (exact) mass is 1090 g/mol. The van der Waals surface area contributed by atoms with Crippen molar-refractivity contribution in [3.8, 4) is 0 Å². The van der Waals surface area contributed by atoms with Gasteiger partial charge in [0.05, 0.1) is 13.2 Å². The molecule has 2 unspecified atom stereocenters. The van der Waals surface area contributed by atoms with Gasteiger partial charge in [-0.2, -0.15) is 0 Å². The van der Waals surface area contributed by atoms with Crippen LogP contribution in [0.1, 0.15) is 131 Å². The smallest absolute Gasteiger partial charge is 0.253 e. The van der Waals surface area contributed by atoms with Crippen LogP contribution in [-0.4, -0.2) is 181 Å². The Morgan fingerprint density at radius 2 is 0.857 bits per heavy atom. The molecule has 0 saturated heterocycles. The fourth-order valence-corrected chi connectivity index (χ4v) is 7.90. The summed E-state index contributed by atoms with van der Waals surface area (Å²) in [7, 11) is 0. The first-order chi connectivity index (χ1) is 36.3. The van der Waals surface area contributed by atoms with Crippen LogP contribution in [0.3, 0.4) is 0 Å². The van der Waals surface area contributed by atoms with Crippen LogP contribution in [0.2, 0.25) is 0 Å². The molecule has 2 rings (SSSR count). The van der Waals surface area contributed by atoms with Gasteiger partial charge in [0.2, 0.25) is 47.3 Å².